The molecule has 2 atom stereocenters. The monoisotopic (exact) mass is 501 g/mol. The second-order valence-electron chi connectivity index (χ2n) is 9.31. The van der Waals surface area contributed by atoms with Crippen LogP contribution in [0.15, 0.2) is 42.5 Å². The molecule has 35 heavy (non-hydrogen) atoms. The molecular weight excluding hydrogens is 466 g/mol. The van der Waals surface area contributed by atoms with Crippen molar-refractivity contribution in [3.63, 3.8) is 0 Å². The predicted octanol–water partition coefficient (Wildman–Crippen LogP) is 4.27. The van der Waals surface area contributed by atoms with Gasteiger partial charge in [-0.25, -0.2) is 4.79 Å². The number of carbonyl (C=O) groups excluding carboxylic acids is 3. The van der Waals surface area contributed by atoms with Crippen LogP contribution in [0.25, 0.3) is 0 Å². The van der Waals surface area contributed by atoms with E-state index in [9.17, 15) is 14.4 Å². The fourth-order valence-electron chi connectivity index (χ4n) is 3.47. The van der Waals surface area contributed by atoms with Gasteiger partial charge in [0.1, 0.15) is 23.4 Å². The van der Waals surface area contributed by atoms with Crippen LogP contribution in [0.4, 0.5) is 10.5 Å². The molecule has 0 saturated carbocycles. The first-order valence-electron chi connectivity index (χ1n) is 11.3. The van der Waals surface area contributed by atoms with E-state index in [1.54, 1.807) is 52.1 Å². The first kappa shape index (κ1) is 28.0. The number of aryl methyl sites for hydroxylation is 2. The highest BCUT2D eigenvalue weighted by Crippen LogP contribution is 2.27. The van der Waals surface area contributed by atoms with Gasteiger partial charge in [-0.3, -0.25) is 9.59 Å². The first-order chi connectivity index (χ1) is 16.4. The molecule has 2 aromatic carbocycles. The molecule has 0 spiro atoms. The van der Waals surface area contributed by atoms with Crippen molar-refractivity contribution in [3.05, 3.63) is 59.2 Å². The van der Waals surface area contributed by atoms with E-state index in [1.165, 1.54) is 11.9 Å². The van der Waals surface area contributed by atoms with Crippen LogP contribution in [0, 0.1) is 13.8 Å². The fourth-order valence-corrected chi connectivity index (χ4v) is 3.72. The molecule has 3 amide bonds. The van der Waals surface area contributed by atoms with Crippen molar-refractivity contribution in [1.82, 2.24) is 10.2 Å². The second-order valence-corrected chi connectivity index (χ2v) is 9.68. The summed E-state index contributed by atoms with van der Waals surface area (Å²) in [7, 11) is 3.10. The molecule has 2 N–H and O–H groups in total. The molecule has 2 rings (SSSR count). The number of ether oxygens (including phenoxy) is 2. The third-order valence-electron chi connectivity index (χ3n) is 5.24. The quantitative estimate of drug-likeness (QED) is 0.470. The third-order valence-corrected chi connectivity index (χ3v) is 5.61. The molecule has 2 unspecified atom stereocenters. The summed E-state index contributed by atoms with van der Waals surface area (Å²) in [6.45, 7) is 9.00. The van der Waals surface area contributed by atoms with Crippen LogP contribution in [0.1, 0.15) is 43.5 Å². The number of rotatable bonds is 8. The molecule has 0 fully saturated rings. The van der Waals surface area contributed by atoms with Gasteiger partial charge in [-0.2, -0.15) is 12.6 Å². The Hall–Kier alpha value is -3.20. The molecule has 0 heterocycles. The van der Waals surface area contributed by atoms with Crippen LogP contribution < -0.4 is 15.4 Å². The van der Waals surface area contributed by atoms with E-state index in [1.807, 2.05) is 32.0 Å². The van der Waals surface area contributed by atoms with Crippen LogP contribution >= 0.6 is 12.6 Å². The number of nitrogens with one attached hydrogen (secondary N) is 2. The number of benzene rings is 2. The Labute approximate surface area is 212 Å². The molecule has 0 aromatic heterocycles. The maximum Gasteiger partial charge on any atom is 0.408 e. The Kier molecular flexibility index (Phi) is 9.59. The molecule has 2 aromatic rings. The van der Waals surface area contributed by atoms with Gasteiger partial charge in [0.05, 0.1) is 7.11 Å². The number of amides is 3. The lowest BCUT2D eigenvalue weighted by Gasteiger charge is -2.32. The van der Waals surface area contributed by atoms with Crippen molar-refractivity contribution < 1.29 is 23.9 Å². The summed E-state index contributed by atoms with van der Waals surface area (Å²) in [6, 6.07) is 10.7. The zero-order chi connectivity index (χ0) is 26.3. The van der Waals surface area contributed by atoms with E-state index in [0.717, 1.165) is 11.1 Å². The Morgan fingerprint density at radius 1 is 1.06 bits per heavy atom. The fraction of sp³-hybridized carbons (Fsp3) is 0.423. The lowest BCUT2D eigenvalue weighted by atomic mass is 9.96. The summed E-state index contributed by atoms with van der Waals surface area (Å²) in [4.78, 5) is 40.6. The predicted molar refractivity (Wildman–Crippen MR) is 140 cm³/mol. The summed E-state index contributed by atoms with van der Waals surface area (Å²) < 4.78 is 10.5. The third kappa shape index (κ3) is 7.92. The van der Waals surface area contributed by atoms with Crippen molar-refractivity contribution in [2.24, 2.45) is 0 Å². The van der Waals surface area contributed by atoms with Crippen molar-refractivity contribution in [3.8, 4) is 5.75 Å². The smallest absolute Gasteiger partial charge is 0.408 e. The number of hydrogen-bond donors (Lipinski definition) is 3. The number of alkyl carbamates (subject to hydrolysis) is 1. The molecule has 8 nitrogen and oxygen atoms in total. The van der Waals surface area contributed by atoms with Crippen LogP contribution in [0.3, 0.4) is 0 Å². The zero-order valence-corrected chi connectivity index (χ0v) is 22.2. The minimum absolute atomic E-state index is 0.0298. The lowest BCUT2D eigenvalue weighted by molar-refractivity contribution is -0.138. The van der Waals surface area contributed by atoms with Gasteiger partial charge < -0.3 is 25.0 Å². The minimum Gasteiger partial charge on any atom is -0.497 e. The van der Waals surface area contributed by atoms with Crippen molar-refractivity contribution in [2.45, 2.75) is 52.3 Å². The van der Waals surface area contributed by atoms with Crippen molar-refractivity contribution in [2.75, 3.05) is 25.2 Å². The Morgan fingerprint density at radius 2 is 1.69 bits per heavy atom. The Bertz CT molecular complexity index is 1050. The van der Waals surface area contributed by atoms with Gasteiger partial charge in [-0.1, -0.05) is 23.8 Å². The zero-order valence-electron chi connectivity index (χ0n) is 21.3. The molecule has 0 saturated heterocycles. The van der Waals surface area contributed by atoms with Gasteiger partial charge in [0.15, 0.2) is 0 Å². The summed E-state index contributed by atoms with van der Waals surface area (Å²) in [5, 5.41) is 5.45. The van der Waals surface area contributed by atoms with Gasteiger partial charge in [0.2, 0.25) is 5.91 Å². The number of nitrogens with zero attached hydrogens (tertiary/aromatic N) is 1. The molecule has 0 aliphatic carbocycles. The summed E-state index contributed by atoms with van der Waals surface area (Å²) in [6.07, 6.45) is -0.732. The van der Waals surface area contributed by atoms with Crippen molar-refractivity contribution in [1.29, 1.82) is 0 Å². The van der Waals surface area contributed by atoms with Gasteiger partial charge in [-0.05, 0) is 70.0 Å². The van der Waals surface area contributed by atoms with Gasteiger partial charge in [0, 0.05) is 18.5 Å². The topological polar surface area (TPSA) is 97.0 Å². The number of hydrogen-bond acceptors (Lipinski definition) is 6. The SMILES string of the molecule is COc1ccc(NC(=O)C(c2cc(C)ccc2C)N(C)C(=O)C(CS)NC(=O)OC(C)(C)C)cc1. The number of thiol groups is 1. The van der Waals surface area contributed by atoms with Crippen LogP contribution in [0.5, 0.6) is 5.75 Å². The van der Waals surface area contributed by atoms with Gasteiger partial charge in [-0.15, -0.1) is 0 Å². The highest BCUT2D eigenvalue weighted by Gasteiger charge is 2.34. The summed E-state index contributed by atoms with van der Waals surface area (Å²) in [5.41, 5.74) is 2.32. The number of likely N-dealkylation sites (N-methyl/N-ethyl adjacent to an activating group) is 1. The molecule has 190 valence electrons. The average Bonchev–Trinajstić information content (AvgIpc) is 2.78. The van der Waals surface area contributed by atoms with Gasteiger partial charge >= 0.3 is 6.09 Å². The average molecular weight is 502 g/mol. The summed E-state index contributed by atoms with van der Waals surface area (Å²) >= 11 is 4.25. The van der Waals surface area contributed by atoms with Crippen LogP contribution in [0.2, 0.25) is 0 Å². The first-order valence-corrected chi connectivity index (χ1v) is 11.9. The maximum absolute atomic E-state index is 13.5. The summed E-state index contributed by atoms with van der Waals surface area (Å²) in [5.74, 6) is -0.176. The lowest BCUT2D eigenvalue weighted by Crippen LogP contribution is -2.52. The highest BCUT2D eigenvalue weighted by molar-refractivity contribution is 7.80. The van der Waals surface area contributed by atoms with Crippen molar-refractivity contribution >= 4 is 36.2 Å². The molecular formula is C26H35N3O5S. The molecule has 0 aliphatic heterocycles. The van der Waals surface area contributed by atoms with Gasteiger partial charge in [0.25, 0.3) is 5.91 Å². The number of methoxy groups -OCH3 is 1. The molecule has 0 radical (unpaired) electrons. The maximum atomic E-state index is 13.5. The molecule has 0 aliphatic rings. The molecule has 0 bridgehead atoms. The normalized spacial score (nSPS) is 12.8. The Balaban J connectivity index is 2.37. The minimum atomic E-state index is -0.986. The highest BCUT2D eigenvalue weighted by atomic mass is 32.1. The number of carbonyl (C=O) groups is 3. The van der Waals surface area contributed by atoms with E-state index in [-0.39, 0.29) is 5.75 Å². The standard InChI is InChI=1S/C26H35N3O5S/c1-16-8-9-17(2)20(14-16)22(23(30)27-18-10-12-19(33-7)13-11-18)29(6)24(31)21(15-35)28-25(32)34-26(3,4)5/h8-14,21-22,35H,15H2,1-7H3,(H,27,30)(H,28,32). The van der Waals surface area contributed by atoms with E-state index < -0.39 is 35.6 Å². The number of anilines is 1. The largest absolute Gasteiger partial charge is 0.497 e. The van der Waals surface area contributed by atoms with E-state index in [2.05, 4.69) is 23.3 Å². The second kappa shape index (κ2) is 12.0. The van der Waals surface area contributed by atoms with E-state index in [0.29, 0.717) is 17.0 Å². The molecule has 9 heteroatoms. The van der Waals surface area contributed by atoms with Crippen LogP contribution in [-0.4, -0.2) is 54.4 Å². The Morgan fingerprint density at radius 3 is 2.23 bits per heavy atom. The van der Waals surface area contributed by atoms with E-state index >= 15 is 0 Å². The van der Waals surface area contributed by atoms with Crippen LogP contribution in [-0.2, 0) is 14.3 Å². The van der Waals surface area contributed by atoms with E-state index in [4.69, 9.17) is 9.47 Å².